The minimum atomic E-state index is -0.977. The van der Waals surface area contributed by atoms with Gasteiger partial charge in [0.1, 0.15) is 6.04 Å². The van der Waals surface area contributed by atoms with Crippen LogP contribution in [0.3, 0.4) is 0 Å². The number of piperidine rings is 2. The lowest BCUT2D eigenvalue weighted by Crippen LogP contribution is -2.55. The van der Waals surface area contributed by atoms with E-state index in [2.05, 4.69) is 35.5 Å². The first kappa shape index (κ1) is 39.7. The third-order valence-corrected chi connectivity index (χ3v) is 13.7. The Hall–Kier alpha value is -6.39. The second-order valence-corrected chi connectivity index (χ2v) is 17.4. The number of rotatable bonds is 10. The van der Waals surface area contributed by atoms with Crippen molar-refractivity contribution in [3.8, 4) is 0 Å². The van der Waals surface area contributed by atoms with Crippen molar-refractivity contribution in [2.75, 3.05) is 55.0 Å². The Labute approximate surface area is 358 Å². The van der Waals surface area contributed by atoms with E-state index >= 15 is 0 Å². The molecule has 320 valence electrons. The Morgan fingerprint density at radius 2 is 1.55 bits per heavy atom. The van der Waals surface area contributed by atoms with E-state index in [1.807, 2.05) is 66.7 Å². The van der Waals surface area contributed by atoms with Crippen molar-refractivity contribution >= 4 is 52.6 Å². The molecule has 4 fully saturated rings. The molecule has 4 aromatic rings. The number of fused-ring (bicyclic) bond motifs is 4. The number of aromatic amines is 1. The molecule has 2 bridgehead atoms. The summed E-state index contributed by atoms with van der Waals surface area (Å²) in [5.41, 5.74) is 5.54. The van der Waals surface area contributed by atoms with Crippen LogP contribution in [0.1, 0.15) is 92.5 Å². The number of amides is 6. The van der Waals surface area contributed by atoms with Crippen LogP contribution in [-0.2, 0) is 32.2 Å². The topological polar surface area (TPSA) is 181 Å². The fraction of sp³-hybridized carbons (Fsp3) is 0.413. The standard InChI is InChI=1S/C46H49N9O7/c1-62-40(28-5-3-2-4-6-28)46(61)53-25-36-37(26-53)49-50-41(36)48-42(57)29-7-9-30(10-8-29)52-19-17-27(18-20-52)22-51-23-32-11-12-33(24-51)54(32)31-13-14-34-35(21-31)45(60)55(44(34)59)38-15-16-39(56)47-43(38)58/h2-10,13-14,21,27,32-33,38,40H,11-12,15-20,22-26H2,1H3,(H,47,56,58)(H2,48,49,50,57)/t32?,33?,38?,40-/m1/s1. The number of piperazine rings is 1. The van der Waals surface area contributed by atoms with E-state index < -0.39 is 35.8 Å². The molecule has 6 aliphatic heterocycles. The van der Waals surface area contributed by atoms with Gasteiger partial charge in [0, 0.05) is 80.8 Å². The highest BCUT2D eigenvalue weighted by Gasteiger charge is 2.46. The average molecular weight is 840 g/mol. The van der Waals surface area contributed by atoms with E-state index in [1.165, 1.54) is 7.11 Å². The van der Waals surface area contributed by atoms with Gasteiger partial charge in [0.2, 0.25) is 11.8 Å². The number of methoxy groups -OCH3 is 1. The molecule has 10 rings (SSSR count). The van der Waals surface area contributed by atoms with E-state index in [4.69, 9.17) is 4.74 Å². The molecule has 0 aliphatic carbocycles. The molecule has 6 amide bonds. The van der Waals surface area contributed by atoms with Crippen molar-refractivity contribution < 1.29 is 33.5 Å². The van der Waals surface area contributed by atoms with Crippen molar-refractivity contribution in [3.63, 3.8) is 0 Å². The van der Waals surface area contributed by atoms with Crippen molar-refractivity contribution in [3.05, 3.63) is 106 Å². The van der Waals surface area contributed by atoms with Crippen LogP contribution in [0.25, 0.3) is 0 Å². The molecular weight excluding hydrogens is 791 g/mol. The van der Waals surface area contributed by atoms with Gasteiger partial charge >= 0.3 is 0 Å². The Kier molecular flexibility index (Phi) is 10.3. The summed E-state index contributed by atoms with van der Waals surface area (Å²) in [5.74, 6) is -1.37. The molecule has 16 heteroatoms. The first-order valence-electron chi connectivity index (χ1n) is 21.6. The predicted molar refractivity (Wildman–Crippen MR) is 227 cm³/mol. The number of ether oxygens (including phenoxy) is 1. The van der Waals surface area contributed by atoms with Crippen LogP contribution in [0.2, 0.25) is 0 Å². The minimum absolute atomic E-state index is 0.0907. The lowest BCUT2D eigenvalue weighted by atomic mass is 9.95. The number of hydrogen-bond donors (Lipinski definition) is 3. The number of nitrogens with zero attached hydrogens (tertiary/aromatic N) is 6. The number of H-pyrrole nitrogens is 1. The monoisotopic (exact) mass is 839 g/mol. The second-order valence-electron chi connectivity index (χ2n) is 17.4. The maximum atomic E-state index is 13.5. The van der Waals surface area contributed by atoms with Gasteiger partial charge in [-0.2, -0.15) is 5.10 Å². The van der Waals surface area contributed by atoms with Crippen LogP contribution in [0, 0.1) is 5.92 Å². The molecule has 6 aliphatic rings. The van der Waals surface area contributed by atoms with Gasteiger partial charge in [0.05, 0.1) is 29.9 Å². The van der Waals surface area contributed by atoms with Gasteiger partial charge in [-0.05, 0) is 86.1 Å². The van der Waals surface area contributed by atoms with Crippen LogP contribution in [0.5, 0.6) is 0 Å². The maximum absolute atomic E-state index is 13.5. The zero-order valence-corrected chi connectivity index (χ0v) is 34.5. The number of hydrogen-bond acceptors (Lipinski definition) is 11. The number of aromatic nitrogens is 2. The fourth-order valence-electron chi connectivity index (χ4n) is 10.5. The molecule has 3 unspecified atom stereocenters. The first-order chi connectivity index (χ1) is 30.1. The minimum Gasteiger partial charge on any atom is -0.372 e. The fourth-order valence-corrected chi connectivity index (χ4v) is 10.5. The summed E-state index contributed by atoms with van der Waals surface area (Å²) in [6.07, 6.45) is 3.78. The van der Waals surface area contributed by atoms with Crippen LogP contribution in [-0.4, -0.2) is 118 Å². The van der Waals surface area contributed by atoms with Crippen LogP contribution in [0.15, 0.2) is 72.8 Å². The largest absolute Gasteiger partial charge is 0.372 e. The van der Waals surface area contributed by atoms with Gasteiger partial charge in [0.15, 0.2) is 11.9 Å². The molecule has 3 N–H and O–H groups in total. The number of carbonyl (C=O) groups is 6. The lowest BCUT2D eigenvalue weighted by Gasteiger charge is -2.44. The molecule has 1 aromatic heterocycles. The molecule has 62 heavy (non-hydrogen) atoms. The highest BCUT2D eigenvalue weighted by molar-refractivity contribution is 6.23. The SMILES string of the molecule is CO[C@@H](C(=O)N1Cc2[nH]nc(NC(=O)c3ccc(N4CCC(CN5CC6CCC(C5)N6c5ccc6c(c5)C(=O)N(C5CCC(=O)NC5=O)C6=O)CC4)cc3)c2C1)c1ccccc1. The quantitative estimate of drug-likeness (QED) is 0.198. The molecule has 7 heterocycles. The Balaban J connectivity index is 0.702. The van der Waals surface area contributed by atoms with Gasteiger partial charge in [-0.1, -0.05) is 30.3 Å². The van der Waals surface area contributed by atoms with Crippen molar-refractivity contribution in [1.29, 1.82) is 0 Å². The molecule has 0 spiro atoms. The third kappa shape index (κ3) is 7.19. The van der Waals surface area contributed by atoms with Crippen molar-refractivity contribution in [2.24, 2.45) is 5.92 Å². The molecule has 16 nitrogen and oxygen atoms in total. The summed E-state index contributed by atoms with van der Waals surface area (Å²) in [4.78, 5) is 87.9. The van der Waals surface area contributed by atoms with Gasteiger partial charge < -0.3 is 24.8 Å². The number of nitrogens with one attached hydrogen (secondary N) is 3. The van der Waals surface area contributed by atoms with Gasteiger partial charge in [0.25, 0.3) is 23.6 Å². The average Bonchev–Trinajstić information content (AvgIpc) is 4.01. The van der Waals surface area contributed by atoms with Crippen LogP contribution < -0.4 is 20.4 Å². The van der Waals surface area contributed by atoms with Gasteiger partial charge in [-0.25, -0.2) is 0 Å². The zero-order chi connectivity index (χ0) is 42.6. The normalized spacial score (nSPS) is 23.1. The number of carbonyl (C=O) groups excluding carboxylic acids is 6. The summed E-state index contributed by atoms with van der Waals surface area (Å²) >= 11 is 0. The molecular formula is C46H49N9O7. The van der Waals surface area contributed by atoms with Gasteiger partial charge in [-0.15, -0.1) is 0 Å². The number of anilines is 3. The molecule has 4 saturated heterocycles. The summed E-state index contributed by atoms with van der Waals surface area (Å²) in [6, 6.07) is 22.2. The second kappa shape index (κ2) is 16.1. The number of imide groups is 2. The van der Waals surface area contributed by atoms with Gasteiger partial charge in [-0.3, -0.25) is 49.0 Å². The highest BCUT2D eigenvalue weighted by atomic mass is 16.5. The van der Waals surface area contributed by atoms with Crippen molar-refractivity contribution in [1.82, 2.24) is 30.2 Å². The lowest BCUT2D eigenvalue weighted by molar-refractivity contribution is -0.143. The third-order valence-electron chi connectivity index (χ3n) is 13.7. The highest BCUT2D eigenvalue weighted by Crippen LogP contribution is 2.39. The van der Waals surface area contributed by atoms with E-state index in [-0.39, 0.29) is 24.7 Å². The van der Waals surface area contributed by atoms with E-state index in [1.54, 1.807) is 11.0 Å². The number of benzene rings is 3. The molecule has 0 saturated carbocycles. The Morgan fingerprint density at radius 1 is 0.839 bits per heavy atom. The molecule has 3 aromatic carbocycles. The van der Waals surface area contributed by atoms with Crippen molar-refractivity contribution in [2.45, 2.75) is 75.8 Å². The number of likely N-dealkylation sites (tertiary alicyclic amines) is 1. The predicted octanol–water partition coefficient (Wildman–Crippen LogP) is 3.86. The maximum Gasteiger partial charge on any atom is 0.262 e. The Bertz CT molecular complexity index is 2430. The van der Waals surface area contributed by atoms with E-state index in [0.29, 0.717) is 53.6 Å². The zero-order valence-electron chi connectivity index (χ0n) is 34.5. The first-order valence-corrected chi connectivity index (χ1v) is 21.6. The van der Waals surface area contributed by atoms with E-state index in [9.17, 15) is 28.8 Å². The summed E-state index contributed by atoms with van der Waals surface area (Å²) < 4.78 is 5.56. The van der Waals surface area contributed by atoms with Crippen LogP contribution in [0.4, 0.5) is 17.2 Å². The van der Waals surface area contributed by atoms with E-state index in [0.717, 1.165) is 91.5 Å². The molecule has 4 atom stereocenters. The summed E-state index contributed by atoms with van der Waals surface area (Å²) in [6.45, 7) is 5.45. The Morgan fingerprint density at radius 3 is 2.26 bits per heavy atom. The summed E-state index contributed by atoms with van der Waals surface area (Å²) in [5, 5.41) is 12.5. The smallest absolute Gasteiger partial charge is 0.262 e. The summed E-state index contributed by atoms with van der Waals surface area (Å²) in [7, 11) is 1.53. The molecule has 0 radical (unpaired) electrons. The van der Waals surface area contributed by atoms with Crippen LogP contribution >= 0.6 is 0 Å².